The molecule has 0 saturated carbocycles. The van der Waals surface area contributed by atoms with E-state index in [-0.39, 0.29) is 0 Å². The van der Waals surface area contributed by atoms with E-state index in [1.807, 2.05) is 6.07 Å². The number of carbonyl (C=O) groups is 1. The number of nitriles is 1. The molecule has 132 valence electrons. The Labute approximate surface area is 144 Å². The van der Waals surface area contributed by atoms with Crippen LogP contribution in [0.25, 0.3) is 22.9 Å². The predicted molar refractivity (Wildman–Crippen MR) is 81.4 cm³/mol. The van der Waals surface area contributed by atoms with Gasteiger partial charge in [0, 0.05) is 18.0 Å². The fourth-order valence-electron chi connectivity index (χ4n) is 1.63. The smallest absolute Gasteiger partial charge is 0.475 e. The van der Waals surface area contributed by atoms with Gasteiger partial charge in [-0.2, -0.15) is 18.4 Å². The summed E-state index contributed by atoms with van der Waals surface area (Å²) in [6, 6.07) is 12.7. The number of hydrogen-bond acceptors (Lipinski definition) is 6. The zero-order valence-corrected chi connectivity index (χ0v) is 12.8. The second kappa shape index (κ2) is 7.89. The second-order valence-corrected chi connectivity index (χ2v) is 4.65. The van der Waals surface area contributed by atoms with E-state index in [9.17, 15) is 13.2 Å². The molecule has 10 heteroatoms. The Kier molecular flexibility index (Phi) is 5.64. The first-order valence-electron chi connectivity index (χ1n) is 6.86. The monoisotopic (exact) mass is 362 g/mol. The number of carboxylic acids is 1. The third-order valence-corrected chi connectivity index (χ3v) is 2.84. The summed E-state index contributed by atoms with van der Waals surface area (Å²) >= 11 is 0. The number of pyridine rings is 1. The molecule has 0 aliphatic rings. The van der Waals surface area contributed by atoms with E-state index >= 15 is 0 Å². The van der Waals surface area contributed by atoms with E-state index in [2.05, 4.69) is 21.3 Å². The van der Waals surface area contributed by atoms with Gasteiger partial charge in [0.25, 0.3) is 0 Å². The molecule has 1 aromatic carbocycles. The van der Waals surface area contributed by atoms with Crippen molar-refractivity contribution in [1.29, 1.82) is 5.26 Å². The van der Waals surface area contributed by atoms with Gasteiger partial charge in [-0.1, -0.05) is 0 Å². The number of halogens is 3. The molecule has 0 saturated heterocycles. The number of aliphatic carboxylic acids is 1. The lowest BCUT2D eigenvalue weighted by Gasteiger charge is -1.94. The van der Waals surface area contributed by atoms with Crippen LogP contribution >= 0.6 is 0 Å². The number of alkyl halides is 3. The predicted octanol–water partition coefficient (Wildman–Crippen LogP) is 3.30. The first kappa shape index (κ1) is 18.6. The van der Waals surface area contributed by atoms with Gasteiger partial charge < -0.3 is 9.52 Å². The third-order valence-electron chi connectivity index (χ3n) is 2.84. The summed E-state index contributed by atoms with van der Waals surface area (Å²) in [6.07, 6.45) is -1.74. The van der Waals surface area contributed by atoms with Crippen LogP contribution in [0.5, 0.6) is 0 Å². The molecule has 1 N–H and O–H groups in total. The molecule has 2 heterocycles. The molecule has 3 rings (SSSR count). The number of benzene rings is 1. The van der Waals surface area contributed by atoms with Crippen LogP contribution in [0.2, 0.25) is 0 Å². The average Bonchev–Trinajstić information content (AvgIpc) is 3.12. The van der Waals surface area contributed by atoms with Crippen molar-refractivity contribution in [2.24, 2.45) is 0 Å². The van der Waals surface area contributed by atoms with Crippen molar-refractivity contribution in [2.75, 3.05) is 0 Å². The molecular weight excluding hydrogens is 353 g/mol. The fourth-order valence-corrected chi connectivity index (χ4v) is 1.63. The summed E-state index contributed by atoms with van der Waals surface area (Å²) in [6.45, 7) is 0. The first-order valence-corrected chi connectivity index (χ1v) is 6.86. The quantitative estimate of drug-likeness (QED) is 0.744. The normalized spacial score (nSPS) is 10.4. The number of rotatable bonds is 2. The van der Waals surface area contributed by atoms with Crippen LogP contribution in [0.1, 0.15) is 5.56 Å². The molecule has 0 unspecified atom stereocenters. The lowest BCUT2D eigenvalue weighted by Crippen LogP contribution is -2.21. The van der Waals surface area contributed by atoms with Gasteiger partial charge in [0.05, 0.1) is 17.2 Å². The van der Waals surface area contributed by atoms with Crippen LogP contribution < -0.4 is 0 Å². The summed E-state index contributed by atoms with van der Waals surface area (Å²) in [4.78, 5) is 12.9. The molecule has 0 amide bonds. The lowest BCUT2D eigenvalue weighted by molar-refractivity contribution is -0.192. The minimum absolute atomic E-state index is 0.420. The van der Waals surface area contributed by atoms with Crippen molar-refractivity contribution in [3.05, 3.63) is 54.4 Å². The number of aromatic nitrogens is 3. The molecule has 0 atom stereocenters. The van der Waals surface area contributed by atoms with Crippen LogP contribution in [-0.4, -0.2) is 32.4 Å². The van der Waals surface area contributed by atoms with Crippen LogP contribution in [0.3, 0.4) is 0 Å². The van der Waals surface area contributed by atoms with Gasteiger partial charge in [-0.15, -0.1) is 10.2 Å². The first-order chi connectivity index (χ1) is 12.3. The van der Waals surface area contributed by atoms with Gasteiger partial charge in [0.1, 0.15) is 0 Å². The second-order valence-electron chi connectivity index (χ2n) is 4.65. The number of nitrogens with zero attached hydrogens (tertiary/aromatic N) is 4. The maximum atomic E-state index is 10.6. The standard InChI is InChI=1S/C14H8N4O.C2HF3O2/c15-8-10-3-5-11(6-4-10)13-17-18-14(19-13)12-2-1-7-16-9-12;3-2(4,5)1(6)7/h1-7,9H;(H,6,7). The molecule has 2 aromatic heterocycles. The van der Waals surface area contributed by atoms with Crippen molar-refractivity contribution in [3.8, 4) is 29.0 Å². The molecule has 0 aliphatic heterocycles. The Balaban J connectivity index is 0.000000298. The van der Waals surface area contributed by atoms with Crippen molar-refractivity contribution < 1.29 is 27.5 Å². The van der Waals surface area contributed by atoms with Crippen molar-refractivity contribution in [3.63, 3.8) is 0 Å². The Bertz CT molecular complexity index is 916. The van der Waals surface area contributed by atoms with Crippen molar-refractivity contribution in [2.45, 2.75) is 6.18 Å². The highest BCUT2D eigenvalue weighted by Gasteiger charge is 2.38. The van der Waals surface area contributed by atoms with Gasteiger partial charge in [0.15, 0.2) is 0 Å². The number of carboxylic acid groups (broad SMARTS) is 1. The molecule has 0 aliphatic carbocycles. The third kappa shape index (κ3) is 4.88. The van der Waals surface area contributed by atoms with Gasteiger partial charge >= 0.3 is 12.1 Å². The fraction of sp³-hybridized carbons (Fsp3) is 0.0625. The van der Waals surface area contributed by atoms with Crippen LogP contribution in [0.4, 0.5) is 13.2 Å². The molecular formula is C16H9F3N4O3. The van der Waals surface area contributed by atoms with E-state index < -0.39 is 12.1 Å². The Morgan fingerprint density at radius 1 is 1.08 bits per heavy atom. The van der Waals surface area contributed by atoms with Gasteiger partial charge in [-0.25, -0.2) is 4.79 Å². The lowest BCUT2D eigenvalue weighted by atomic mass is 10.1. The topological polar surface area (TPSA) is 113 Å². The maximum Gasteiger partial charge on any atom is 0.490 e. The minimum Gasteiger partial charge on any atom is -0.475 e. The average molecular weight is 362 g/mol. The zero-order valence-electron chi connectivity index (χ0n) is 12.8. The summed E-state index contributed by atoms with van der Waals surface area (Å²) in [5.41, 5.74) is 2.15. The van der Waals surface area contributed by atoms with Crippen LogP contribution in [0.15, 0.2) is 53.2 Å². The van der Waals surface area contributed by atoms with E-state index in [1.54, 1.807) is 42.7 Å². The zero-order chi connectivity index (χ0) is 19.2. The molecule has 26 heavy (non-hydrogen) atoms. The van der Waals surface area contributed by atoms with Crippen LogP contribution in [0, 0.1) is 11.3 Å². The number of hydrogen-bond donors (Lipinski definition) is 1. The summed E-state index contributed by atoms with van der Waals surface area (Å²) in [5.74, 6) is -1.91. The highest BCUT2D eigenvalue weighted by molar-refractivity contribution is 5.73. The molecule has 0 fully saturated rings. The summed E-state index contributed by atoms with van der Waals surface area (Å²) in [7, 11) is 0. The largest absolute Gasteiger partial charge is 0.490 e. The van der Waals surface area contributed by atoms with Crippen molar-refractivity contribution >= 4 is 5.97 Å². The minimum atomic E-state index is -5.08. The summed E-state index contributed by atoms with van der Waals surface area (Å²) in [5, 5.41) is 23.8. The van der Waals surface area contributed by atoms with E-state index in [0.717, 1.165) is 11.1 Å². The van der Waals surface area contributed by atoms with E-state index in [0.29, 0.717) is 17.3 Å². The van der Waals surface area contributed by atoms with E-state index in [4.69, 9.17) is 19.6 Å². The highest BCUT2D eigenvalue weighted by atomic mass is 19.4. The van der Waals surface area contributed by atoms with Gasteiger partial charge in [-0.05, 0) is 36.4 Å². The Morgan fingerprint density at radius 2 is 1.65 bits per heavy atom. The van der Waals surface area contributed by atoms with E-state index in [1.165, 1.54) is 0 Å². The molecule has 0 spiro atoms. The maximum absolute atomic E-state index is 10.6. The molecule has 0 radical (unpaired) electrons. The molecule has 3 aromatic rings. The Morgan fingerprint density at radius 3 is 2.12 bits per heavy atom. The van der Waals surface area contributed by atoms with Gasteiger partial charge in [0.2, 0.25) is 11.8 Å². The molecule has 0 bridgehead atoms. The highest BCUT2D eigenvalue weighted by Crippen LogP contribution is 2.23. The van der Waals surface area contributed by atoms with Crippen LogP contribution in [-0.2, 0) is 4.79 Å². The Hall–Kier alpha value is -3.74. The summed E-state index contributed by atoms with van der Waals surface area (Å²) < 4.78 is 37.3. The molecule has 7 nitrogen and oxygen atoms in total. The SMILES string of the molecule is N#Cc1ccc(-c2nnc(-c3cccnc3)o2)cc1.O=C(O)C(F)(F)F. The van der Waals surface area contributed by atoms with Gasteiger partial charge in [-0.3, -0.25) is 4.98 Å². The van der Waals surface area contributed by atoms with Crippen molar-refractivity contribution in [1.82, 2.24) is 15.2 Å².